The first-order chi connectivity index (χ1) is 18.6. The first kappa shape index (κ1) is 24.1. The van der Waals surface area contributed by atoms with Crippen molar-refractivity contribution in [2.24, 2.45) is 0 Å². The van der Waals surface area contributed by atoms with Gasteiger partial charge in [-0.05, 0) is 29.8 Å². The van der Waals surface area contributed by atoms with E-state index in [9.17, 15) is 9.59 Å². The molecule has 3 aromatic heterocycles. The van der Waals surface area contributed by atoms with E-state index in [1.54, 1.807) is 35.2 Å². The molecular weight excluding hydrogens is 504 g/mol. The van der Waals surface area contributed by atoms with Gasteiger partial charge in [-0.3, -0.25) is 18.6 Å². The molecule has 0 saturated carbocycles. The summed E-state index contributed by atoms with van der Waals surface area (Å²) in [6.07, 6.45) is 4.14. The molecule has 2 aromatic carbocycles. The Morgan fingerprint density at radius 1 is 0.895 bits per heavy atom. The highest BCUT2D eigenvalue weighted by Crippen LogP contribution is 2.20. The van der Waals surface area contributed by atoms with Crippen molar-refractivity contribution in [2.45, 2.75) is 19.4 Å². The van der Waals surface area contributed by atoms with E-state index in [-0.39, 0.29) is 18.0 Å². The fraction of sp³-hybridized carbons (Fsp3) is 0.259. The molecule has 0 radical (unpaired) electrons. The monoisotopic (exact) mass is 528 g/mol. The Hall–Kier alpha value is -4.31. The van der Waals surface area contributed by atoms with Crippen LogP contribution in [0.5, 0.6) is 0 Å². The van der Waals surface area contributed by atoms with Gasteiger partial charge in [0.15, 0.2) is 0 Å². The van der Waals surface area contributed by atoms with E-state index in [2.05, 4.69) is 25.1 Å². The van der Waals surface area contributed by atoms with Gasteiger partial charge in [-0.2, -0.15) is 0 Å². The lowest BCUT2D eigenvalue weighted by atomic mass is 10.2. The molecule has 192 valence electrons. The van der Waals surface area contributed by atoms with Gasteiger partial charge in [0.2, 0.25) is 17.6 Å². The number of halogens is 1. The van der Waals surface area contributed by atoms with Crippen molar-refractivity contribution in [3.8, 4) is 0 Å². The molecule has 1 aliphatic rings. The minimum absolute atomic E-state index is 0.0593. The Morgan fingerprint density at radius 2 is 1.63 bits per heavy atom. The Labute approximate surface area is 223 Å². The number of benzene rings is 2. The van der Waals surface area contributed by atoms with Crippen molar-refractivity contribution in [1.29, 1.82) is 0 Å². The van der Waals surface area contributed by atoms with E-state index in [1.165, 1.54) is 0 Å². The van der Waals surface area contributed by atoms with Crippen LogP contribution in [0.2, 0.25) is 5.02 Å². The van der Waals surface area contributed by atoms with Gasteiger partial charge in [-0.1, -0.05) is 41.9 Å². The molecule has 0 aliphatic carbocycles. The van der Waals surface area contributed by atoms with Gasteiger partial charge >= 0.3 is 0 Å². The van der Waals surface area contributed by atoms with Crippen LogP contribution in [0.1, 0.15) is 17.8 Å². The molecule has 0 bridgehead atoms. The molecule has 5 aromatic rings. The molecule has 0 N–H and O–H groups in total. The first-order valence-electron chi connectivity index (χ1n) is 12.5. The maximum atomic E-state index is 13.4. The predicted molar refractivity (Wildman–Crippen MR) is 144 cm³/mol. The second-order valence-electron chi connectivity index (χ2n) is 9.17. The minimum Gasteiger partial charge on any atom is -0.339 e. The summed E-state index contributed by atoms with van der Waals surface area (Å²) >= 11 is 6.39. The van der Waals surface area contributed by atoms with Gasteiger partial charge in [-0.15, -0.1) is 10.2 Å². The topological polar surface area (TPSA) is 102 Å². The number of hydrogen-bond donors (Lipinski definition) is 0. The van der Waals surface area contributed by atoms with Crippen molar-refractivity contribution in [1.82, 2.24) is 34.0 Å². The second-order valence-corrected chi connectivity index (χ2v) is 9.58. The van der Waals surface area contributed by atoms with E-state index in [0.29, 0.717) is 72.5 Å². The zero-order chi connectivity index (χ0) is 26.1. The molecule has 0 unspecified atom stereocenters. The van der Waals surface area contributed by atoms with Crippen molar-refractivity contribution >= 4 is 40.1 Å². The van der Waals surface area contributed by atoms with Crippen molar-refractivity contribution in [3.63, 3.8) is 0 Å². The number of nitrogens with zero attached hydrogens (tertiary/aromatic N) is 8. The number of para-hydroxylation sites is 1. The van der Waals surface area contributed by atoms with Crippen LogP contribution >= 0.6 is 11.6 Å². The van der Waals surface area contributed by atoms with Gasteiger partial charge in [0.1, 0.15) is 5.82 Å². The second kappa shape index (κ2) is 10.2. The standard InChI is InChI=1S/C27H25ClN8O2/c28-21-8-3-1-6-19(21)18-35-25(38)20-7-2-4-9-22(20)36-23(31-32-27(35)36)10-11-24(37)33-14-16-34(17-15-33)26-29-12-5-13-30-26/h1-9,12-13H,10-11,14-18H2. The van der Waals surface area contributed by atoms with Crippen molar-refractivity contribution in [3.05, 3.63) is 93.8 Å². The Morgan fingerprint density at radius 3 is 2.42 bits per heavy atom. The minimum atomic E-state index is -0.164. The highest BCUT2D eigenvalue weighted by molar-refractivity contribution is 6.31. The molecular formula is C27H25ClN8O2. The third kappa shape index (κ3) is 4.47. The Bertz CT molecular complexity index is 1680. The van der Waals surface area contributed by atoms with E-state index < -0.39 is 0 Å². The van der Waals surface area contributed by atoms with Gasteiger partial charge in [-0.25, -0.2) is 9.97 Å². The SMILES string of the molecule is O=C(CCc1nnc2n(Cc3ccccc3Cl)c(=O)c3ccccc3n12)N1CCN(c2ncccn2)CC1. The summed E-state index contributed by atoms with van der Waals surface area (Å²) in [4.78, 5) is 39.1. The lowest BCUT2D eigenvalue weighted by Crippen LogP contribution is -2.49. The Balaban J connectivity index is 1.25. The number of aryl methyl sites for hydroxylation is 1. The van der Waals surface area contributed by atoms with E-state index >= 15 is 0 Å². The quantitative estimate of drug-likeness (QED) is 0.334. The molecule has 0 spiro atoms. The molecule has 1 fully saturated rings. The van der Waals surface area contributed by atoms with Crippen LogP contribution in [0.25, 0.3) is 16.7 Å². The number of piperazine rings is 1. The van der Waals surface area contributed by atoms with Crippen LogP contribution in [0.15, 0.2) is 71.8 Å². The number of aromatic nitrogens is 6. The number of amides is 1. The van der Waals surface area contributed by atoms with Crippen LogP contribution in [-0.4, -0.2) is 66.1 Å². The van der Waals surface area contributed by atoms with E-state index in [1.807, 2.05) is 45.7 Å². The average molecular weight is 529 g/mol. The fourth-order valence-corrected chi connectivity index (χ4v) is 5.10. The first-order valence-corrected chi connectivity index (χ1v) is 12.9. The number of rotatable bonds is 6. The summed E-state index contributed by atoms with van der Waals surface area (Å²) in [6, 6.07) is 16.6. The van der Waals surface area contributed by atoms with Crippen LogP contribution < -0.4 is 10.5 Å². The summed E-state index contributed by atoms with van der Waals surface area (Å²) in [5.74, 6) is 1.80. The number of anilines is 1. The Kier molecular flexibility index (Phi) is 6.47. The van der Waals surface area contributed by atoms with Crippen LogP contribution in [0, 0.1) is 0 Å². The average Bonchev–Trinajstić information content (AvgIpc) is 3.39. The lowest BCUT2D eigenvalue weighted by Gasteiger charge is -2.34. The molecule has 10 nitrogen and oxygen atoms in total. The van der Waals surface area contributed by atoms with Crippen molar-refractivity contribution in [2.75, 3.05) is 31.1 Å². The molecule has 1 saturated heterocycles. The summed E-state index contributed by atoms with van der Waals surface area (Å²) in [7, 11) is 0. The van der Waals surface area contributed by atoms with E-state index in [0.717, 1.165) is 5.56 Å². The lowest BCUT2D eigenvalue weighted by molar-refractivity contribution is -0.131. The number of carbonyl (C=O) groups excluding carboxylic acids is 1. The molecule has 1 amide bonds. The van der Waals surface area contributed by atoms with Gasteiger partial charge < -0.3 is 9.80 Å². The zero-order valence-corrected chi connectivity index (χ0v) is 21.3. The highest BCUT2D eigenvalue weighted by atomic mass is 35.5. The molecule has 0 atom stereocenters. The smallest absolute Gasteiger partial charge is 0.263 e. The summed E-state index contributed by atoms with van der Waals surface area (Å²) in [5.41, 5.74) is 1.36. The van der Waals surface area contributed by atoms with Crippen molar-refractivity contribution < 1.29 is 4.79 Å². The number of fused-ring (bicyclic) bond motifs is 3. The predicted octanol–water partition coefficient (Wildman–Crippen LogP) is 2.82. The maximum Gasteiger partial charge on any atom is 0.263 e. The largest absolute Gasteiger partial charge is 0.339 e. The fourth-order valence-electron chi connectivity index (χ4n) is 4.90. The molecule has 1 aliphatic heterocycles. The number of hydrogen-bond acceptors (Lipinski definition) is 7. The summed E-state index contributed by atoms with van der Waals surface area (Å²) < 4.78 is 3.47. The molecule has 6 rings (SSSR count). The van der Waals surface area contributed by atoms with Crippen LogP contribution in [0.3, 0.4) is 0 Å². The van der Waals surface area contributed by atoms with Crippen LogP contribution in [0.4, 0.5) is 5.95 Å². The van der Waals surface area contributed by atoms with Gasteiger partial charge in [0, 0.05) is 56.4 Å². The maximum absolute atomic E-state index is 13.4. The summed E-state index contributed by atoms with van der Waals surface area (Å²) in [5, 5.41) is 9.91. The summed E-state index contributed by atoms with van der Waals surface area (Å²) in [6.45, 7) is 2.85. The van der Waals surface area contributed by atoms with Crippen LogP contribution in [-0.2, 0) is 17.8 Å². The highest BCUT2D eigenvalue weighted by Gasteiger charge is 2.23. The zero-order valence-electron chi connectivity index (χ0n) is 20.6. The molecule has 11 heteroatoms. The van der Waals surface area contributed by atoms with Gasteiger partial charge in [0.05, 0.1) is 17.4 Å². The third-order valence-corrected chi connectivity index (χ3v) is 7.26. The normalized spacial score (nSPS) is 13.9. The van der Waals surface area contributed by atoms with Gasteiger partial charge in [0.25, 0.3) is 5.56 Å². The molecule has 4 heterocycles. The van der Waals surface area contributed by atoms with E-state index in [4.69, 9.17) is 11.6 Å². The molecule has 38 heavy (non-hydrogen) atoms. The third-order valence-electron chi connectivity index (χ3n) is 6.89. The number of carbonyl (C=O) groups is 1.